The van der Waals surface area contributed by atoms with Crippen LogP contribution in [0.2, 0.25) is 0 Å². The first-order valence-corrected chi connectivity index (χ1v) is 20.4. The van der Waals surface area contributed by atoms with Crippen molar-refractivity contribution >= 4 is 0 Å². The number of ether oxygens (including phenoxy) is 5. The molecule has 0 saturated heterocycles. The second-order valence-electron chi connectivity index (χ2n) is 20.1. The number of methoxy groups -OCH3 is 1. The van der Waals surface area contributed by atoms with Crippen LogP contribution >= 0.6 is 0 Å². The summed E-state index contributed by atoms with van der Waals surface area (Å²) in [6.07, 6.45) is 1.61. The molecule has 0 fully saturated rings. The van der Waals surface area contributed by atoms with Gasteiger partial charge in [0.05, 0.1) is 33.5 Å². The molecule has 0 amide bonds. The van der Waals surface area contributed by atoms with Crippen LogP contribution in [0.25, 0.3) is 0 Å². The summed E-state index contributed by atoms with van der Waals surface area (Å²) in [5.41, 5.74) is 12.3. The van der Waals surface area contributed by atoms with Gasteiger partial charge in [-0.15, -0.1) is 0 Å². The molecule has 6 rings (SSSR count). The monoisotopic (exact) mass is 762 g/mol. The minimum atomic E-state index is -0.153. The Bertz CT molecular complexity index is 2060. The molecule has 4 aromatic rings. The van der Waals surface area contributed by atoms with E-state index in [0.717, 1.165) is 61.8 Å². The lowest BCUT2D eigenvalue weighted by atomic mass is 9.80. The van der Waals surface area contributed by atoms with Gasteiger partial charge in [0, 0.05) is 30.4 Å². The molecule has 4 aromatic carbocycles. The first-order chi connectivity index (χ1) is 26.1. The Morgan fingerprint density at radius 2 is 0.750 bits per heavy atom. The molecule has 0 saturated carbocycles. The number of rotatable bonds is 1. The van der Waals surface area contributed by atoms with Crippen LogP contribution in [0.1, 0.15) is 150 Å². The molecule has 10 bridgehead atoms. The number of phenols is 1. The van der Waals surface area contributed by atoms with E-state index >= 15 is 0 Å². The molecule has 0 aliphatic carbocycles. The minimum absolute atomic E-state index is 0.115. The Hall–Kier alpha value is -4.00. The molecule has 0 radical (unpaired) electrons. The van der Waals surface area contributed by atoms with Gasteiger partial charge in [0.25, 0.3) is 0 Å². The maximum Gasteiger partial charge on any atom is 0.128 e. The molecule has 0 spiro atoms. The van der Waals surface area contributed by atoms with Crippen LogP contribution in [0, 0.1) is 0 Å². The molecule has 0 unspecified atom stereocenters. The van der Waals surface area contributed by atoms with Crippen LogP contribution in [0.5, 0.6) is 23.0 Å². The number of hydrogen-bond acceptors (Lipinski definition) is 6. The highest BCUT2D eigenvalue weighted by Crippen LogP contribution is 2.43. The van der Waals surface area contributed by atoms with Crippen molar-refractivity contribution in [1.29, 1.82) is 0 Å². The van der Waals surface area contributed by atoms with Gasteiger partial charge >= 0.3 is 0 Å². The number of hydrogen-bond donors (Lipinski definition) is 1. The maximum absolute atomic E-state index is 12.4. The van der Waals surface area contributed by atoms with Gasteiger partial charge in [0.15, 0.2) is 0 Å². The van der Waals surface area contributed by atoms with Crippen LogP contribution in [-0.4, -0.2) is 38.6 Å². The van der Waals surface area contributed by atoms with Crippen LogP contribution in [0.15, 0.2) is 48.5 Å². The number of aromatic hydroxyl groups is 1. The summed E-state index contributed by atoms with van der Waals surface area (Å²) < 4.78 is 32.6. The predicted octanol–water partition coefficient (Wildman–Crippen LogP) is 11.2. The van der Waals surface area contributed by atoms with E-state index in [2.05, 4.69) is 132 Å². The number of fused-ring (bicyclic) bond motifs is 6. The Morgan fingerprint density at radius 3 is 1.12 bits per heavy atom. The zero-order chi connectivity index (χ0) is 40.8. The molecule has 2 aliphatic rings. The highest BCUT2D eigenvalue weighted by atomic mass is 16.5. The quantitative estimate of drug-likeness (QED) is 0.208. The van der Waals surface area contributed by atoms with Crippen LogP contribution in [0.3, 0.4) is 0 Å². The predicted molar refractivity (Wildman–Crippen MR) is 228 cm³/mol. The fourth-order valence-corrected chi connectivity index (χ4v) is 7.79. The van der Waals surface area contributed by atoms with E-state index in [1.807, 2.05) is 0 Å². The van der Waals surface area contributed by atoms with Gasteiger partial charge in [-0.1, -0.05) is 119 Å². The van der Waals surface area contributed by atoms with E-state index in [0.29, 0.717) is 64.7 Å². The Kier molecular flexibility index (Phi) is 11.7. The largest absolute Gasteiger partial charge is 0.507 e. The molecular weight excluding hydrogens is 697 g/mol. The molecule has 2 heterocycles. The molecular formula is C50H66O6. The van der Waals surface area contributed by atoms with E-state index in [9.17, 15) is 5.11 Å². The second-order valence-corrected chi connectivity index (χ2v) is 20.1. The summed E-state index contributed by atoms with van der Waals surface area (Å²) in [6.45, 7) is 29.3. The molecule has 302 valence electrons. The smallest absolute Gasteiger partial charge is 0.128 e. The highest BCUT2D eigenvalue weighted by molar-refractivity contribution is 5.58. The lowest BCUT2D eigenvalue weighted by molar-refractivity contribution is 0.0676. The third kappa shape index (κ3) is 9.24. The summed E-state index contributed by atoms with van der Waals surface area (Å²) in [6, 6.07) is 18.0. The third-order valence-corrected chi connectivity index (χ3v) is 11.3. The zero-order valence-corrected chi connectivity index (χ0v) is 36.5. The summed E-state index contributed by atoms with van der Waals surface area (Å²) in [4.78, 5) is 0. The van der Waals surface area contributed by atoms with Crippen molar-refractivity contribution in [3.63, 3.8) is 0 Å². The van der Waals surface area contributed by atoms with Gasteiger partial charge in [-0.05, 0) is 89.4 Å². The fourth-order valence-electron chi connectivity index (χ4n) is 7.79. The lowest BCUT2D eigenvalue weighted by Gasteiger charge is -2.28. The van der Waals surface area contributed by atoms with Crippen molar-refractivity contribution in [3.8, 4) is 23.0 Å². The molecule has 56 heavy (non-hydrogen) atoms. The molecule has 6 nitrogen and oxygen atoms in total. The van der Waals surface area contributed by atoms with Crippen molar-refractivity contribution < 1.29 is 28.8 Å². The average molecular weight is 763 g/mol. The van der Waals surface area contributed by atoms with Gasteiger partial charge in [-0.3, -0.25) is 0 Å². The Labute approximate surface area is 336 Å². The van der Waals surface area contributed by atoms with E-state index in [1.54, 1.807) is 7.11 Å². The van der Waals surface area contributed by atoms with E-state index in [1.165, 1.54) is 22.3 Å². The third-order valence-electron chi connectivity index (χ3n) is 11.3. The summed E-state index contributed by atoms with van der Waals surface area (Å²) in [7, 11) is 1.77. The van der Waals surface area contributed by atoms with Crippen LogP contribution in [0.4, 0.5) is 0 Å². The van der Waals surface area contributed by atoms with Gasteiger partial charge in [0.2, 0.25) is 0 Å². The Morgan fingerprint density at radius 1 is 0.429 bits per heavy atom. The van der Waals surface area contributed by atoms with Crippen molar-refractivity contribution in [2.75, 3.05) is 33.5 Å². The molecule has 6 heteroatoms. The topological polar surface area (TPSA) is 66.4 Å². The standard InChI is InChI=1S/C50H66O6/c1-47(2,3)39-21-31-18-33-23-40(48(4,5)6)24-34(44(33)52-13)20-36-26-42(50(10,11)12)28-38-30-54-29-37-27-41(49(7,8)9)25-35(19-32(22-39)43(31)51)45(37)55-16-14-53-15-17-56-46(36)38/h21-28,51H,14-20,29-30H2,1-13H3. The van der Waals surface area contributed by atoms with Gasteiger partial charge in [-0.25, -0.2) is 0 Å². The average Bonchev–Trinajstić information content (AvgIpc) is 3.08. The van der Waals surface area contributed by atoms with Crippen molar-refractivity contribution in [2.24, 2.45) is 0 Å². The number of benzene rings is 4. The summed E-state index contributed by atoms with van der Waals surface area (Å²) in [5, 5.41) is 12.4. The van der Waals surface area contributed by atoms with Gasteiger partial charge < -0.3 is 28.8 Å². The SMILES string of the molecule is COc1c2cc(C(C)(C)C)cc1Cc1cc(C(C)(C)C)cc3c1OCCOCCOc1c(cc(C(C)(C)C)cc1Cc1cc(C(C)(C)C)cc(c1O)C2)COC3. The van der Waals surface area contributed by atoms with Crippen molar-refractivity contribution in [3.05, 3.63) is 115 Å². The first-order valence-electron chi connectivity index (χ1n) is 20.4. The first kappa shape index (κ1) is 41.6. The van der Waals surface area contributed by atoms with Gasteiger partial charge in [-0.2, -0.15) is 0 Å². The van der Waals surface area contributed by atoms with E-state index < -0.39 is 0 Å². The number of phenolic OH excluding ortho intramolecular Hbond substituents is 1. The second kappa shape index (κ2) is 15.7. The molecule has 0 aromatic heterocycles. The van der Waals surface area contributed by atoms with E-state index in [-0.39, 0.29) is 21.7 Å². The highest BCUT2D eigenvalue weighted by Gasteiger charge is 2.28. The minimum Gasteiger partial charge on any atom is -0.507 e. The van der Waals surface area contributed by atoms with Crippen LogP contribution in [-0.2, 0) is 63.6 Å². The lowest BCUT2D eigenvalue weighted by Crippen LogP contribution is -2.19. The van der Waals surface area contributed by atoms with Crippen molar-refractivity contribution in [2.45, 2.75) is 137 Å². The maximum atomic E-state index is 12.4. The van der Waals surface area contributed by atoms with Crippen molar-refractivity contribution in [1.82, 2.24) is 0 Å². The zero-order valence-electron chi connectivity index (χ0n) is 36.5. The molecule has 2 aliphatic heterocycles. The molecule has 0 atom stereocenters. The summed E-state index contributed by atoms with van der Waals surface area (Å²) >= 11 is 0. The summed E-state index contributed by atoms with van der Waals surface area (Å²) in [5.74, 6) is 2.78. The van der Waals surface area contributed by atoms with E-state index in [4.69, 9.17) is 23.7 Å². The fraction of sp³-hybridized carbons (Fsp3) is 0.520. The van der Waals surface area contributed by atoms with Gasteiger partial charge in [0.1, 0.15) is 36.2 Å². The molecule has 1 N–H and O–H groups in total. The Balaban J connectivity index is 1.71. The van der Waals surface area contributed by atoms with Crippen LogP contribution < -0.4 is 14.2 Å². The normalized spacial score (nSPS) is 15.9.